The summed E-state index contributed by atoms with van der Waals surface area (Å²) in [5.41, 5.74) is 9.28. The molecule has 1 aliphatic heterocycles. The maximum atomic E-state index is 12.8. The number of ether oxygens (including phenoxy) is 1. The van der Waals surface area contributed by atoms with Crippen LogP contribution in [0.25, 0.3) is 0 Å². The number of nitrogens with two attached hydrogens (primary N) is 1. The number of halogens is 1. The number of rotatable bonds is 5. The average molecular weight is 375 g/mol. The van der Waals surface area contributed by atoms with Crippen LogP contribution in [0.1, 0.15) is 41.3 Å². The minimum Gasteiger partial charge on any atom is -0.374 e. The molecule has 0 aromatic heterocycles. The molecule has 0 saturated carbocycles. The molecule has 1 amide bonds. The number of nitrogens with zero attached hydrogens (tertiary/aromatic N) is 1. The zero-order chi connectivity index (χ0) is 17.8. The zero-order valence-electron chi connectivity index (χ0n) is 15.3. The molecule has 1 aliphatic rings. The van der Waals surface area contributed by atoms with Crippen molar-refractivity contribution in [3.63, 3.8) is 0 Å². The van der Waals surface area contributed by atoms with Crippen LogP contribution >= 0.6 is 12.4 Å². The van der Waals surface area contributed by atoms with Gasteiger partial charge in [-0.3, -0.25) is 4.79 Å². The van der Waals surface area contributed by atoms with Crippen LogP contribution in [0.2, 0.25) is 0 Å². The van der Waals surface area contributed by atoms with E-state index in [9.17, 15) is 4.79 Å². The van der Waals surface area contributed by atoms with E-state index < -0.39 is 0 Å². The van der Waals surface area contributed by atoms with Crippen LogP contribution in [-0.2, 0) is 11.3 Å². The third-order valence-corrected chi connectivity index (χ3v) is 4.66. The lowest BCUT2D eigenvalue weighted by atomic mass is 9.95. The van der Waals surface area contributed by atoms with E-state index in [-0.39, 0.29) is 36.4 Å². The molecule has 1 heterocycles. The van der Waals surface area contributed by atoms with Crippen molar-refractivity contribution in [1.82, 2.24) is 4.90 Å². The van der Waals surface area contributed by atoms with E-state index in [0.29, 0.717) is 25.3 Å². The predicted molar refractivity (Wildman–Crippen MR) is 107 cm³/mol. The summed E-state index contributed by atoms with van der Waals surface area (Å²) in [6.07, 6.45) is 0.197. The average Bonchev–Trinajstić information content (AvgIpc) is 3.02. The predicted octanol–water partition coefficient (Wildman–Crippen LogP) is 3.60. The van der Waals surface area contributed by atoms with E-state index in [4.69, 9.17) is 10.5 Å². The van der Waals surface area contributed by atoms with E-state index in [1.165, 1.54) is 5.56 Å². The van der Waals surface area contributed by atoms with Gasteiger partial charge in [0.2, 0.25) is 0 Å². The first-order chi connectivity index (χ1) is 12.0. The number of benzene rings is 2. The van der Waals surface area contributed by atoms with Crippen LogP contribution in [0.4, 0.5) is 0 Å². The highest BCUT2D eigenvalue weighted by Gasteiger charge is 2.34. The number of carbonyl (C=O) groups is 1. The van der Waals surface area contributed by atoms with Crippen molar-refractivity contribution in [2.45, 2.75) is 38.5 Å². The van der Waals surface area contributed by atoms with Crippen molar-refractivity contribution in [1.29, 1.82) is 0 Å². The highest BCUT2D eigenvalue weighted by Crippen LogP contribution is 2.27. The second-order valence-corrected chi connectivity index (χ2v) is 6.95. The fourth-order valence-electron chi connectivity index (χ4n) is 3.24. The molecule has 0 unspecified atom stereocenters. The molecule has 0 bridgehead atoms. The Hall–Kier alpha value is -1.88. The van der Waals surface area contributed by atoms with Crippen LogP contribution in [0, 0.1) is 0 Å². The molecule has 2 aromatic rings. The fraction of sp³-hybridized carbons (Fsp3) is 0.381. The van der Waals surface area contributed by atoms with Gasteiger partial charge in [0.05, 0.1) is 12.7 Å². The summed E-state index contributed by atoms with van der Waals surface area (Å²) in [6, 6.07) is 17.9. The quantitative estimate of drug-likeness (QED) is 0.869. The summed E-state index contributed by atoms with van der Waals surface area (Å²) in [5.74, 6) is 0.245. The van der Waals surface area contributed by atoms with Crippen LogP contribution < -0.4 is 5.73 Å². The zero-order valence-corrected chi connectivity index (χ0v) is 16.1. The molecule has 1 fully saturated rings. The van der Waals surface area contributed by atoms with Crippen molar-refractivity contribution < 1.29 is 9.53 Å². The lowest BCUT2D eigenvalue weighted by Crippen LogP contribution is -2.32. The third kappa shape index (κ3) is 4.85. The van der Waals surface area contributed by atoms with E-state index in [1.54, 1.807) is 0 Å². The van der Waals surface area contributed by atoms with E-state index in [0.717, 1.165) is 5.56 Å². The highest BCUT2D eigenvalue weighted by atomic mass is 35.5. The van der Waals surface area contributed by atoms with Crippen molar-refractivity contribution in [2.24, 2.45) is 5.73 Å². The van der Waals surface area contributed by atoms with Gasteiger partial charge in [-0.1, -0.05) is 42.5 Å². The lowest BCUT2D eigenvalue weighted by molar-refractivity contribution is 0.0656. The SMILES string of the molecule is CC(C)OCc1ccc(C(=O)N2C[C@@H](N)[C@H](c3ccccc3)C2)cc1.Cl. The summed E-state index contributed by atoms with van der Waals surface area (Å²) in [7, 11) is 0. The number of hydrogen-bond acceptors (Lipinski definition) is 3. The minimum absolute atomic E-state index is 0. The van der Waals surface area contributed by atoms with Crippen molar-refractivity contribution in [3.05, 3.63) is 71.3 Å². The molecule has 2 atom stereocenters. The Labute approximate surface area is 161 Å². The topological polar surface area (TPSA) is 55.6 Å². The molecule has 1 saturated heterocycles. The molecule has 4 nitrogen and oxygen atoms in total. The van der Waals surface area contributed by atoms with Gasteiger partial charge >= 0.3 is 0 Å². The first-order valence-electron chi connectivity index (χ1n) is 8.85. The van der Waals surface area contributed by atoms with E-state index in [1.807, 2.05) is 61.2 Å². The Balaban J connectivity index is 0.00000243. The van der Waals surface area contributed by atoms with Crippen molar-refractivity contribution in [2.75, 3.05) is 13.1 Å². The lowest BCUT2D eigenvalue weighted by Gasteiger charge is -2.17. The second-order valence-electron chi connectivity index (χ2n) is 6.95. The molecular formula is C21H27ClN2O2. The first kappa shape index (κ1) is 20.4. The molecule has 2 aromatic carbocycles. The second kappa shape index (κ2) is 9.17. The molecule has 0 spiro atoms. The van der Waals surface area contributed by atoms with Crippen LogP contribution in [-0.4, -0.2) is 36.0 Å². The van der Waals surface area contributed by atoms with Gasteiger partial charge in [0.1, 0.15) is 0 Å². The van der Waals surface area contributed by atoms with Crippen molar-refractivity contribution in [3.8, 4) is 0 Å². The first-order valence-corrected chi connectivity index (χ1v) is 8.85. The van der Waals surface area contributed by atoms with Gasteiger partial charge in [0.25, 0.3) is 5.91 Å². The smallest absolute Gasteiger partial charge is 0.253 e. The standard InChI is InChI=1S/C21H26N2O2.ClH/c1-15(2)25-14-16-8-10-18(11-9-16)21(24)23-12-19(20(22)13-23)17-6-4-3-5-7-17;/h3-11,15,19-20H,12-14,22H2,1-2H3;1H/t19-,20+;/m0./s1. The molecular weight excluding hydrogens is 348 g/mol. The number of amides is 1. The summed E-state index contributed by atoms with van der Waals surface area (Å²) in [6.45, 7) is 5.85. The number of carbonyl (C=O) groups excluding carboxylic acids is 1. The van der Waals surface area contributed by atoms with Crippen molar-refractivity contribution >= 4 is 18.3 Å². The Morgan fingerprint density at radius 2 is 1.77 bits per heavy atom. The third-order valence-electron chi connectivity index (χ3n) is 4.66. The minimum atomic E-state index is -0.0231. The maximum Gasteiger partial charge on any atom is 0.253 e. The van der Waals surface area contributed by atoms with Crippen LogP contribution in [0.3, 0.4) is 0 Å². The monoisotopic (exact) mass is 374 g/mol. The molecule has 0 radical (unpaired) electrons. The molecule has 2 N–H and O–H groups in total. The fourth-order valence-corrected chi connectivity index (χ4v) is 3.24. The number of likely N-dealkylation sites (tertiary alicyclic amines) is 1. The summed E-state index contributed by atoms with van der Waals surface area (Å²) < 4.78 is 5.59. The molecule has 5 heteroatoms. The summed E-state index contributed by atoms with van der Waals surface area (Å²) >= 11 is 0. The Kier molecular flexibility index (Phi) is 7.21. The van der Waals surface area contributed by atoms with Gasteiger partial charge < -0.3 is 15.4 Å². The van der Waals surface area contributed by atoms with Crippen LogP contribution in [0.15, 0.2) is 54.6 Å². The van der Waals surface area contributed by atoms with Gasteiger partial charge in [0, 0.05) is 30.6 Å². The van der Waals surface area contributed by atoms with E-state index in [2.05, 4.69) is 12.1 Å². The molecule has 140 valence electrons. The van der Waals surface area contributed by atoms with Gasteiger partial charge in [-0.15, -0.1) is 12.4 Å². The Morgan fingerprint density at radius 1 is 1.12 bits per heavy atom. The van der Waals surface area contributed by atoms with Gasteiger partial charge in [-0.2, -0.15) is 0 Å². The highest BCUT2D eigenvalue weighted by molar-refractivity contribution is 5.94. The number of hydrogen-bond donors (Lipinski definition) is 1. The van der Waals surface area contributed by atoms with Gasteiger partial charge in [0.15, 0.2) is 0 Å². The molecule has 3 rings (SSSR count). The van der Waals surface area contributed by atoms with Gasteiger partial charge in [-0.05, 0) is 37.1 Å². The molecule has 26 heavy (non-hydrogen) atoms. The maximum absolute atomic E-state index is 12.8. The summed E-state index contributed by atoms with van der Waals surface area (Å²) in [5, 5.41) is 0. The largest absolute Gasteiger partial charge is 0.374 e. The normalized spacial score (nSPS) is 19.5. The summed E-state index contributed by atoms with van der Waals surface area (Å²) in [4.78, 5) is 14.6. The van der Waals surface area contributed by atoms with Gasteiger partial charge in [-0.25, -0.2) is 0 Å². The Morgan fingerprint density at radius 3 is 2.38 bits per heavy atom. The van der Waals surface area contributed by atoms with E-state index >= 15 is 0 Å². The van der Waals surface area contributed by atoms with Crippen LogP contribution in [0.5, 0.6) is 0 Å². The Bertz CT molecular complexity index is 704. The molecule has 0 aliphatic carbocycles.